The number of nitrogens with one attached hydrogen (secondary N) is 2. The van der Waals surface area contributed by atoms with Crippen molar-refractivity contribution in [3.63, 3.8) is 0 Å². The number of fused-ring (bicyclic) bond motifs is 4. The molecule has 0 spiro atoms. The number of H-pyrrole nitrogens is 2. The zero-order valence-electron chi connectivity index (χ0n) is 44.9. The molecule has 0 bridgehead atoms. The number of pyridine rings is 2. The molecule has 0 unspecified atom stereocenters. The summed E-state index contributed by atoms with van der Waals surface area (Å²) in [6, 6.07) is 6.69. The number of likely N-dealkylation sites (N-methyl/N-ethyl adjacent to an activating group) is 2. The molecule has 0 aliphatic carbocycles. The minimum Gasteiger partial charge on any atom is -0.456 e. The summed E-state index contributed by atoms with van der Waals surface area (Å²) in [4.78, 5) is 51.0. The quantitative estimate of drug-likeness (QED) is 0.105. The van der Waals surface area contributed by atoms with Crippen molar-refractivity contribution in [1.29, 1.82) is 0 Å². The van der Waals surface area contributed by atoms with Crippen LogP contribution in [0.4, 0.5) is 20.4 Å². The van der Waals surface area contributed by atoms with Gasteiger partial charge in [-0.15, -0.1) is 0 Å². The molecular formula is C54H59Cl2F2N15O7. The average molecular weight is 1140 g/mol. The Morgan fingerprint density at radius 2 is 1.05 bits per heavy atom. The van der Waals surface area contributed by atoms with Crippen LogP contribution in [0.2, 0.25) is 10.0 Å². The second kappa shape index (κ2) is 23.0. The Kier molecular flexibility index (Phi) is 15.7. The molecule has 420 valence electrons. The van der Waals surface area contributed by atoms with Crippen LogP contribution in [-0.4, -0.2) is 189 Å². The van der Waals surface area contributed by atoms with E-state index in [1.165, 1.54) is 37.0 Å². The van der Waals surface area contributed by atoms with Gasteiger partial charge in [-0.05, 0) is 65.4 Å². The Morgan fingerprint density at radius 3 is 1.49 bits per heavy atom. The van der Waals surface area contributed by atoms with Crippen molar-refractivity contribution >= 4 is 84.4 Å². The van der Waals surface area contributed by atoms with Crippen LogP contribution in [0, 0.1) is 25.5 Å². The Hall–Kier alpha value is -7.35. The molecular weight excluding hydrogens is 1080 g/mol. The van der Waals surface area contributed by atoms with Crippen LogP contribution in [0.25, 0.3) is 43.6 Å². The molecule has 22 nitrogen and oxygen atoms in total. The SMILES string of the molecule is C=CC(=O)N1CCN(c2nc(O[C@@H]3CN(C)C[C@H]3OC)nc3c(Oc4c(Cl)c(F)cc5[nH]ncc45)nc(C)cc23)CC1.CO[C@@H]1CN(C)C[C@H]1Oc1nc(N2CCCCC2)c2cc(C)nc(Oc3c(Cl)c(F)cc4[nH]ncc34)c2n1. The number of amides is 1. The van der Waals surface area contributed by atoms with Gasteiger partial charge in [-0.1, -0.05) is 29.8 Å². The number of ether oxygens (including phenoxy) is 6. The Labute approximate surface area is 468 Å². The lowest BCUT2D eigenvalue weighted by Crippen LogP contribution is -2.48. The van der Waals surface area contributed by atoms with Crippen LogP contribution < -0.4 is 28.7 Å². The molecule has 4 aliphatic rings. The van der Waals surface area contributed by atoms with Gasteiger partial charge in [0.05, 0.1) is 45.0 Å². The second-order valence-electron chi connectivity index (χ2n) is 20.3. The molecule has 4 aliphatic heterocycles. The fourth-order valence-electron chi connectivity index (χ4n) is 10.7. The zero-order chi connectivity index (χ0) is 55.9. The van der Waals surface area contributed by atoms with Crippen LogP contribution >= 0.6 is 23.2 Å². The topological polar surface area (TPSA) is 223 Å². The van der Waals surface area contributed by atoms with Crippen LogP contribution in [0.5, 0.6) is 35.3 Å². The van der Waals surface area contributed by atoms with Gasteiger partial charge in [-0.2, -0.15) is 30.1 Å². The normalized spacial score (nSPS) is 20.0. The molecule has 6 aromatic heterocycles. The predicted octanol–water partition coefficient (Wildman–Crippen LogP) is 7.83. The lowest BCUT2D eigenvalue weighted by atomic mass is 10.1. The largest absolute Gasteiger partial charge is 0.456 e. The molecule has 10 heterocycles. The van der Waals surface area contributed by atoms with E-state index in [9.17, 15) is 13.6 Å². The van der Waals surface area contributed by atoms with Crippen molar-refractivity contribution in [2.75, 3.05) is 104 Å². The molecule has 8 aromatic rings. The van der Waals surface area contributed by atoms with E-state index in [-0.39, 0.29) is 75.6 Å². The first-order valence-electron chi connectivity index (χ1n) is 26.2. The van der Waals surface area contributed by atoms with Crippen LogP contribution in [0.1, 0.15) is 30.7 Å². The standard InChI is InChI=1S/C28H30ClFN8O4.C26H29ClFN7O3/c1-5-22(39)37-6-8-38(9-7-37)26-16-10-15(2)32-27(42-25-17-12-31-35-19(17)11-18(30)23(25)29)24(16)33-28(34-26)41-21-14-36(3)13-20(21)40-4;1-14-9-15-22(25(30-14)38-23-16-11-29-33-18(16)10-17(28)21(23)27)31-26(32-24(15)35-7-5-4-6-8-35)37-20-13-34(2)12-19(20)36-3/h5,10-12,20-21H,1,6-9,13-14H2,2-4H3,(H,31,35);9-11,19-20H,4-8,12-13H2,1-3H3,(H,29,33)/t20-,21-;19-,20-/m11/s1. The van der Waals surface area contributed by atoms with E-state index in [0.29, 0.717) is 101 Å². The van der Waals surface area contributed by atoms with Gasteiger partial charge in [-0.25, -0.2) is 18.7 Å². The summed E-state index contributed by atoms with van der Waals surface area (Å²) in [6.45, 7) is 13.9. The van der Waals surface area contributed by atoms with Crippen molar-refractivity contribution in [2.24, 2.45) is 0 Å². The highest BCUT2D eigenvalue weighted by Crippen LogP contribution is 2.43. The molecule has 1 amide bonds. The van der Waals surface area contributed by atoms with Crippen LogP contribution in [-0.2, 0) is 14.3 Å². The van der Waals surface area contributed by atoms with E-state index in [1.54, 1.807) is 19.1 Å². The monoisotopic (exact) mass is 1140 g/mol. The fraction of sp³-hybridized carbons (Fsp3) is 0.426. The molecule has 4 fully saturated rings. The number of anilines is 2. The number of aromatic nitrogens is 10. The Bertz CT molecular complexity index is 3640. The number of methoxy groups -OCH3 is 2. The highest BCUT2D eigenvalue weighted by Gasteiger charge is 2.36. The van der Waals surface area contributed by atoms with Crippen molar-refractivity contribution in [3.05, 3.63) is 82.4 Å². The summed E-state index contributed by atoms with van der Waals surface area (Å²) in [5.41, 5.74) is 3.04. The van der Waals surface area contributed by atoms with Gasteiger partial charge >= 0.3 is 12.0 Å². The molecule has 4 atom stereocenters. The zero-order valence-corrected chi connectivity index (χ0v) is 46.4. The highest BCUT2D eigenvalue weighted by molar-refractivity contribution is 6.34. The molecule has 2 aromatic carbocycles. The number of aromatic amines is 2. The predicted molar refractivity (Wildman–Crippen MR) is 297 cm³/mol. The number of aryl methyl sites for hydroxylation is 2. The number of halogens is 4. The number of piperidine rings is 1. The van der Waals surface area contributed by atoms with Gasteiger partial charge in [0.15, 0.2) is 11.5 Å². The molecule has 0 saturated carbocycles. The maximum absolute atomic E-state index is 14.7. The Balaban J connectivity index is 0.000000170. The fourth-order valence-corrected chi connectivity index (χ4v) is 11.1. The van der Waals surface area contributed by atoms with Crippen molar-refractivity contribution in [3.8, 4) is 35.3 Å². The third-order valence-corrected chi connectivity index (χ3v) is 15.4. The van der Waals surface area contributed by atoms with Crippen LogP contribution in [0.3, 0.4) is 0 Å². The summed E-state index contributed by atoms with van der Waals surface area (Å²) in [5, 5.41) is 15.6. The number of carbonyl (C=O) groups is 1. The number of hydrogen-bond donors (Lipinski definition) is 2. The summed E-state index contributed by atoms with van der Waals surface area (Å²) in [5.74, 6) is 0.447. The minimum atomic E-state index is -0.664. The number of benzene rings is 2. The van der Waals surface area contributed by atoms with Crippen LogP contribution in [0.15, 0.2) is 49.3 Å². The first-order valence-corrected chi connectivity index (χ1v) is 27.0. The van der Waals surface area contributed by atoms with E-state index in [1.807, 2.05) is 40.1 Å². The molecule has 2 N–H and O–H groups in total. The smallest absolute Gasteiger partial charge is 0.319 e. The van der Waals surface area contributed by atoms with Gasteiger partial charge in [-0.3, -0.25) is 24.8 Å². The molecule has 80 heavy (non-hydrogen) atoms. The van der Waals surface area contributed by atoms with E-state index in [4.69, 9.17) is 71.6 Å². The van der Waals surface area contributed by atoms with Gasteiger partial charge in [0.2, 0.25) is 17.7 Å². The summed E-state index contributed by atoms with van der Waals surface area (Å²) >= 11 is 12.7. The van der Waals surface area contributed by atoms with Gasteiger partial charge < -0.3 is 43.1 Å². The number of hydrogen-bond acceptors (Lipinski definition) is 19. The summed E-state index contributed by atoms with van der Waals surface area (Å²) in [7, 11) is 7.34. The molecule has 0 radical (unpaired) electrons. The number of likely N-dealkylation sites (tertiary alicyclic amines) is 2. The minimum absolute atomic E-state index is 0.0656. The van der Waals surface area contributed by atoms with E-state index in [2.05, 4.69) is 56.5 Å². The van der Waals surface area contributed by atoms with Gasteiger partial charge in [0, 0.05) is 103 Å². The maximum Gasteiger partial charge on any atom is 0.319 e. The first-order chi connectivity index (χ1) is 38.7. The first kappa shape index (κ1) is 54.6. The van der Waals surface area contributed by atoms with E-state index < -0.39 is 11.6 Å². The Morgan fingerprint density at radius 1 is 0.613 bits per heavy atom. The third kappa shape index (κ3) is 11.0. The van der Waals surface area contributed by atoms with Crippen molar-refractivity contribution < 1.29 is 42.0 Å². The lowest BCUT2D eigenvalue weighted by molar-refractivity contribution is -0.126. The summed E-state index contributed by atoms with van der Waals surface area (Å²) in [6.07, 6.45) is 6.88. The third-order valence-electron chi connectivity index (χ3n) is 14.7. The van der Waals surface area contributed by atoms with E-state index in [0.717, 1.165) is 43.7 Å². The molecule has 26 heteroatoms. The van der Waals surface area contributed by atoms with Crippen molar-refractivity contribution in [1.82, 2.24) is 65.0 Å². The summed E-state index contributed by atoms with van der Waals surface area (Å²) < 4.78 is 65.8. The van der Waals surface area contributed by atoms with E-state index >= 15 is 0 Å². The number of rotatable bonds is 13. The van der Waals surface area contributed by atoms with Gasteiger partial charge in [0.1, 0.15) is 68.8 Å². The lowest BCUT2D eigenvalue weighted by Gasteiger charge is -2.35. The van der Waals surface area contributed by atoms with Crippen molar-refractivity contribution in [2.45, 2.75) is 57.5 Å². The molecule has 4 saturated heterocycles. The molecule has 12 rings (SSSR count). The number of nitrogens with zero attached hydrogens (tertiary/aromatic N) is 13. The maximum atomic E-state index is 14.7. The number of carbonyl (C=O) groups excluding carboxylic acids is 1. The van der Waals surface area contributed by atoms with Gasteiger partial charge in [0.25, 0.3) is 0 Å². The second-order valence-corrected chi connectivity index (χ2v) is 21.1. The average Bonchev–Trinajstić information content (AvgIpc) is 4.31. The number of piperazine rings is 1. The highest BCUT2D eigenvalue weighted by atomic mass is 35.5.